The molecule has 0 fully saturated rings. The molecule has 0 aliphatic heterocycles. The lowest BCUT2D eigenvalue weighted by molar-refractivity contribution is -0.133. The first-order valence-electron chi connectivity index (χ1n) is 13.8. The van der Waals surface area contributed by atoms with Gasteiger partial charge in [-0.25, -0.2) is 12.6 Å². The summed E-state index contributed by atoms with van der Waals surface area (Å²) < 4.78 is 96.7. The molecule has 0 spiro atoms. The van der Waals surface area contributed by atoms with E-state index >= 15 is 0 Å². The monoisotopic (exact) mass is 771 g/mol. The number of amides is 2. The number of hydrogen-bond donors (Lipinski definition) is 6. The van der Waals surface area contributed by atoms with E-state index in [1.807, 2.05) is 0 Å². The van der Waals surface area contributed by atoms with Crippen LogP contribution in [0.15, 0.2) is 76.5 Å². The van der Waals surface area contributed by atoms with Crippen molar-refractivity contribution in [1.82, 2.24) is 15.0 Å². The zero-order chi connectivity index (χ0) is 36.7. The van der Waals surface area contributed by atoms with Crippen LogP contribution in [0.2, 0.25) is 5.28 Å². The molecule has 0 bridgehead atoms. The summed E-state index contributed by atoms with van der Waals surface area (Å²) in [6.45, 7) is 0.955. The molecule has 0 saturated heterocycles. The van der Waals surface area contributed by atoms with Gasteiger partial charge in [-0.3, -0.25) is 18.7 Å². The Hall–Kier alpha value is -4.97. The standard InChI is InChI=1S/C27H26ClN7O12S3/c1-2-46-21-12-9-19(15-22(21)49(40,41)42)30-24(37)23(36)29-16-3-5-17(6-4-16)31-26-33-25(28)34-27(35-26)32-18-7-10-20(11-8-18)48(38,39)14-13-47-50(43,44)45/h3-12,15H,2,13-14H2,1H3,(H,29,36)(H,30,37)(H,40,41,42)(H,43,44,45)(H2,31,32,33,34,35). The van der Waals surface area contributed by atoms with Crippen LogP contribution in [0.3, 0.4) is 0 Å². The second-order valence-electron chi connectivity index (χ2n) is 9.65. The first-order chi connectivity index (χ1) is 23.4. The molecule has 266 valence electrons. The molecule has 3 aromatic carbocycles. The summed E-state index contributed by atoms with van der Waals surface area (Å²) in [4.78, 5) is 36.3. The molecule has 1 heterocycles. The van der Waals surface area contributed by atoms with Gasteiger partial charge in [-0.1, -0.05) is 0 Å². The Labute approximate surface area is 290 Å². The zero-order valence-corrected chi connectivity index (χ0v) is 28.6. The highest BCUT2D eigenvalue weighted by molar-refractivity contribution is 7.91. The van der Waals surface area contributed by atoms with Crippen LogP contribution in [0.25, 0.3) is 0 Å². The molecule has 1 aromatic heterocycles. The number of carbonyl (C=O) groups is 2. The molecule has 0 aliphatic rings. The summed E-state index contributed by atoms with van der Waals surface area (Å²) in [6.07, 6.45) is 0. The Bertz CT molecular complexity index is 2220. The van der Waals surface area contributed by atoms with Crippen LogP contribution >= 0.6 is 11.6 Å². The number of hydrogen-bond acceptors (Lipinski definition) is 15. The average Bonchev–Trinajstić information content (AvgIpc) is 3.01. The number of sulfone groups is 1. The van der Waals surface area contributed by atoms with Gasteiger partial charge in [0.15, 0.2) is 9.84 Å². The first kappa shape index (κ1) is 37.8. The normalized spacial score (nSPS) is 11.8. The maximum Gasteiger partial charge on any atom is 0.397 e. The maximum absolute atomic E-state index is 12.5. The van der Waals surface area contributed by atoms with Gasteiger partial charge in [-0.2, -0.15) is 31.8 Å². The van der Waals surface area contributed by atoms with Gasteiger partial charge in [0.2, 0.25) is 17.2 Å². The van der Waals surface area contributed by atoms with E-state index in [1.54, 1.807) is 6.92 Å². The van der Waals surface area contributed by atoms with Crippen molar-refractivity contribution in [1.29, 1.82) is 0 Å². The van der Waals surface area contributed by atoms with E-state index in [9.17, 15) is 39.4 Å². The molecule has 6 N–H and O–H groups in total. The van der Waals surface area contributed by atoms with Gasteiger partial charge in [0.1, 0.15) is 10.6 Å². The van der Waals surface area contributed by atoms with Gasteiger partial charge in [0, 0.05) is 22.7 Å². The third kappa shape index (κ3) is 11.0. The zero-order valence-electron chi connectivity index (χ0n) is 25.4. The molecule has 50 heavy (non-hydrogen) atoms. The van der Waals surface area contributed by atoms with E-state index in [1.165, 1.54) is 60.7 Å². The fourth-order valence-electron chi connectivity index (χ4n) is 3.91. The Morgan fingerprint density at radius 2 is 1.24 bits per heavy atom. The van der Waals surface area contributed by atoms with Crippen LogP contribution < -0.4 is 26.0 Å². The molecule has 0 aliphatic carbocycles. The van der Waals surface area contributed by atoms with Gasteiger partial charge in [-0.05, 0) is 85.3 Å². The fraction of sp³-hybridized carbons (Fsp3) is 0.148. The second kappa shape index (κ2) is 15.7. The number of anilines is 6. The van der Waals surface area contributed by atoms with E-state index in [-0.39, 0.29) is 45.8 Å². The summed E-state index contributed by atoms with van der Waals surface area (Å²) in [5, 5.41) is 10.2. The summed E-state index contributed by atoms with van der Waals surface area (Å²) in [6, 6.07) is 14.7. The van der Waals surface area contributed by atoms with Crippen molar-refractivity contribution in [3.05, 3.63) is 72.0 Å². The molecule has 0 atom stereocenters. The number of rotatable bonds is 14. The van der Waals surface area contributed by atoms with Gasteiger partial charge in [0.05, 0.1) is 23.9 Å². The minimum atomic E-state index is -4.78. The molecule has 2 amide bonds. The molecular formula is C27H26ClN7O12S3. The first-order valence-corrected chi connectivity index (χ1v) is 18.6. The largest absolute Gasteiger partial charge is 0.492 e. The van der Waals surface area contributed by atoms with Gasteiger partial charge >= 0.3 is 22.2 Å². The maximum atomic E-state index is 12.5. The van der Waals surface area contributed by atoms with E-state index < -0.39 is 59.4 Å². The highest BCUT2D eigenvalue weighted by atomic mass is 35.5. The highest BCUT2D eigenvalue weighted by Crippen LogP contribution is 2.27. The summed E-state index contributed by atoms with van der Waals surface area (Å²) in [5.41, 5.74) is 0.920. The lowest BCUT2D eigenvalue weighted by atomic mass is 10.2. The van der Waals surface area contributed by atoms with E-state index in [0.717, 1.165) is 6.07 Å². The number of nitrogens with zero attached hydrogens (tertiary/aromatic N) is 3. The summed E-state index contributed by atoms with van der Waals surface area (Å²) in [7, 11) is -13.4. The van der Waals surface area contributed by atoms with Crippen molar-refractivity contribution < 1.29 is 52.9 Å². The van der Waals surface area contributed by atoms with Crippen molar-refractivity contribution in [2.75, 3.05) is 40.2 Å². The number of benzene rings is 3. The van der Waals surface area contributed by atoms with Crippen molar-refractivity contribution >= 4 is 88.4 Å². The third-order valence-electron chi connectivity index (χ3n) is 6.05. The smallest absolute Gasteiger partial charge is 0.397 e. The van der Waals surface area contributed by atoms with Crippen molar-refractivity contribution in [2.24, 2.45) is 0 Å². The summed E-state index contributed by atoms with van der Waals surface area (Å²) >= 11 is 6.04. The Morgan fingerprint density at radius 3 is 1.76 bits per heavy atom. The molecule has 0 radical (unpaired) electrons. The molecule has 0 unspecified atom stereocenters. The quantitative estimate of drug-likeness (QED) is 0.0794. The Morgan fingerprint density at radius 1 is 0.740 bits per heavy atom. The molecule has 23 heteroatoms. The van der Waals surface area contributed by atoms with Crippen LogP contribution in [-0.2, 0) is 44.1 Å². The SMILES string of the molecule is CCOc1ccc(NC(=O)C(=O)Nc2ccc(Nc3nc(Cl)nc(Nc4ccc(S(=O)(=O)CCOS(=O)(=O)O)cc4)n3)cc2)cc1S(=O)(=O)O. The van der Waals surface area contributed by atoms with Crippen molar-refractivity contribution in [2.45, 2.75) is 16.7 Å². The minimum absolute atomic E-state index is 0.00122. The number of nitrogens with one attached hydrogen (secondary N) is 4. The molecular weight excluding hydrogens is 746 g/mol. The predicted octanol–water partition coefficient (Wildman–Crippen LogP) is 2.83. The van der Waals surface area contributed by atoms with Crippen molar-refractivity contribution in [3.8, 4) is 5.75 Å². The van der Waals surface area contributed by atoms with Crippen LogP contribution in [0, 0.1) is 0 Å². The van der Waals surface area contributed by atoms with Crippen LogP contribution in [0.4, 0.5) is 34.6 Å². The molecule has 0 saturated carbocycles. The average molecular weight is 772 g/mol. The highest BCUT2D eigenvalue weighted by Gasteiger charge is 2.21. The molecule has 4 rings (SSSR count). The van der Waals surface area contributed by atoms with E-state index in [2.05, 4.69) is 40.4 Å². The third-order valence-corrected chi connectivity index (χ3v) is 9.25. The van der Waals surface area contributed by atoms with Gasteiger partial charge in [-0.15, -0.1) is 0 Å². The van der Waals surface area contributed by atoms with Crippen LogP contribution in [0.5, 0.6) is 5.75 Å². The predicted molar refractivity (Wildman–Crippen MR) is 179 cm³/mol. The van der Waals surface area contributed by atoms with Gasteiger partial charge in [0.25, 0.3) is 10.1 Å². The molecule has 4 aromatic rings. The minimum Gasteiger partial charge on any atom is -0.492 e. The van der Waals surface area contributed by atoms with Crippen molar-refractivity contribution in [3.63, 3.8) is 0 Å². The van der Waals surface area contributed by atoms with Crippen LogP contribution in [-0.4, -0.2) is 80.1 Å². The number of ether oxygens (including phenoxy) is 1. The van der Waals surface area contributed by atoms with Crippen LogP contribution in [0.1, 0.15) is 6.92 Å². The second-order valence-corrected chi connectivity index (χ2v) is 14.6. The summed E-state index contributed by atoms with van der Waals surface area (Å²) in [5.74, 6) is -3.06. The number of aromatic nitrogens is 3. The lowest BCUT2D eigenvalue weighted by Gasteiger charge is -2.11. The topological polar surface area (TPSA) is 282 Å². The van der Waals surface area contributed by atoms with Gasteiger partial charge < -0.3 is 26.0 Å². The Balaban J connectivity index is 1.35. The number of halogens is 1. The Kier molecular flexibility index (Phi) is 11.9. The lowest BCUT2D eigenvalue weighted by Crippen LogP contribution is -2.29. The fourth-order valence-corrected chi connectivity index (χ4v) is 6.21. The number of carbonyl (C=O) groups excluding carboxylic acids is 2. The molecule has 19 nitrogen and oxygen atoms in total. The van der Waals surface area contributed by atoms with E-state index in [0.29, 0.717) is 11.4 Å². The van der Waals surface area contributed by atoms with E-state index in [4.69, 9.17) is 20.9 Å².